The van der Waals surface area contributed by atoms with Gasteiger partial charge >= 0.3 is 0 Å². The van der Waals surface area contributed by atoms with Crippen LogP contribution in [0.25, 0.3) is 10.9 Å². The summed E-state index contributed by atoms with van der Waals surface area (Å²) in [7, 11) is 0. The summed E-state index contributed by atoms with van der Waals surface area (Å²) >= 11 is 3.35. The lowest BCUT2D eigenvalue weighted by Crippen LogP contribution is -2.00. The van der Waals surface area contributed by atoms with Crippen LogP contribution in [0.4, 0.5) is 4.39 Å². The number of para-hydroxylation sites is 1. The molecule has 0 fully saturated rings. The second-order valence-electron chi connectivity index (χ2n) is 4.93. The summed E-state index contributed by atoms with van der Waals surface area (Å²) in [5.41, 5.74) is 3.53. The summed E-state index contributed by atoms with van der Waals surface area (Å²) in [6.07, 6.45) is 3.07. The van der Waals surface area contributed by atoms with E-state index in [0.29, 0.717) is 6.54 Å². The van der Waals surface area contributed by atoms with Crippen LogP contribution < -0.4 is 0 Å². The molecule has 0 aliphatic heterocycles. The topological polar surface area (TPSA) is 4.93 Å². The van der Waals surface area contributed by atoms with Gasteiger partial charge in [-0.05, 0) is 47.2 Å². The van der Waals surface area contributed by atoms with Crippen molar-refractivity contribution in [1.82, 2.24) is 4.57 Å². The van der Waals surface area contributed by atoms with Crippen LogP contribution in [-0.4, -0.2) is 4.57 Å². The van der Waals surface area contributed by atoms with Gasteiger partial charge in [-0.25, -0.2) is 4.39 Å². The van der Waals surface area contributed by atoms with E-state index in [-0.39, 0.29) is 5.82 Å². The third kappa shape index (κ3) is 2.50. The molecule has 1 aromatic heterocycles. The summed E-state index contributed by atoms with van der Waals surface area (Å²) in [5, 5.41) is 1.24. The fourth-order valence-electron chi connectivity index (χ4n) is 2.66. The summed E-state index contributed by atoms with van der Waals surface area (Å²) in [6.45, 7) is 2.84. The fourth-order valence-corrected chi connectivity index (χ4v) is 3.17. The van der Waals surface area contributed by atoms with Crippen molar-refractivity contribution in [3.8, 4) is 0 Å². The van der Waals surface area contributed by atoms with Crippen LogP contribution in [0.1, 0.15) is 18.1 Å². The smallest absolute Gasteiger partial charge is 0.124 e. The van der Waals surface area contributed by atoms with Crippen LogP contribution in [-0.2, 0) is 13.0 Å². The first-order chi connectivity index (χ1) is 9.67. The summed E-state index contributed by atoms with van der Waals surface area (Å²) < 4.78 is 16.4. The Hall–Kier alpha value is -1.61. The zero-order valence-electron chi connectivity index (χ0n) is 11.2. The number of rotatable bonds is 3. The molecule has 0 spiro atoms. The van der Waals surface area contributed by atoms with Gasteiger partial charge in [0.15, 0.2) is 0 Å². The zero-order chi connectivity index (χ0) is 14.1. The average molecular weight is 332 g/mol. The lowest BCUT2D eigenvalue weighted by Gasteiger charge is -2.09. The standard InChI is InChI=1S/C17H15BrFN/c1-2-13-4-3-5-14-6-7-20(17(13)14)11-12-8-15(18)10-16(19)9-12/h3-10H,2,11H2,1H3. The number of halogens is 2. The molecule has 3 aromatic rings. The molecule has 0 radical (unpaired) electrons. The van der Waals surface area contributed by atoms with Crippen molar-refractivity contribution in [2.45, 2.75) is 19.9 Å². The number of benzene rings is 2. The third-order valence-corrected chi connectivity index (χ3v) is 3.99. The predicted molar refractivity (Wildman–Crippen MR) is 84.5 cm³/mol. The average Bonchev–Trinajstić information content (AvgIpc) is 2.81. The van der Waals surface area contributed by atoms with Gasteiger partial charge in [-0.2, -0.15) is 0 Å². The molecular formula is C17H15BrFN. The van der Waals surface area contributed by atoms with E-state index >= 15 is 0 Å². The van der Waals surface area contributed by atoms with E-state index in [1.54, 1.807) is 6.07 Å². The first-order valence-electron chi connectivity index (χ1n) is 6.69. The normalized spacial score (nSPS) is 11.2. The van der Waals surface area contributed by atoms with E-state index < -0.39 is 0 Å². The minimum absolute atomic E-state index is 0.207. The van der Waals surface area contributed by atoms with Crippen LogP contribution in [0.15, 0.2) is 53.1 Å². The Morgan fingerprint density at radius 1 is 1.15 bits per heavy atom. The lowest BCUT2D eigenvalue weighted by molar-refractivity contribution is 0.623. The molecule has 3 heteroatoms. The first-order valence-corrected chi connectivity index (χ1v) is 7.48. The summed E-state index contributed by atoms with van der Waals surface area (Å²) in [5.74, 6) is -0.207. The van der Waals surface area contributed by atoms with Gasteiger partial charge in [0.05, 0.1) is 5.52 Å². The van der Waals surface area contributed by atoms with Crippen LogP contribution in [0.3, 0.4) is 0 Å². The molecule has 0 bridgehead atoms. The van der Waals surface area contributed by atoms with Crippen LogP contribution in [0.2, 0.25) is 0 Å². The lowest BCUT2D eigenvalue weighted by atomic mass is 10.1. The molecule has 20 heavy (non-hydrogen) atoms. The molecule has 0 N–H and O–H groups in total. The van der Waals surface area contributed by atoms with Crippen molar-refractivity contribution in [3.05, 3.63) is 70.1 Å². The Balaban J connectivity index is 2.06. The second-order valence-corrected chi connectivity index (χ2v) is 5.85. The summed E-state index contributed by atoms with van der Waals surface area (Å²) in [4.78, 5) is 0. The van der Waals surface area contributed by atoms with Crippen molar-refractivity contribution < 1.29 is 4.39 Å². The predicted octanol–water partition coefficient (Wildman–Crippen LogP) is 5.15. The van der Waals surface area contributed by atoms with Crippen molar-refractivity contribution in [3.63, 3.8) is 0 Å². The van der Waals surface area contributed by atoms with Gasteiger partial charge in [-0.1, -0.05) is 41.1 Å². The Morgan fingerprint density at radius 3 is 2.75 bits per heavy atom. The molecule has 102 valence electrons. The number of hydrogen-bond acceptors (Lipinski definition) is 0. The van der Waals surface area contributed by atoms with Gasteiger partial charge < -0.3 is 4.57 Å². The number of fused-ring (bicyclic) bond motifs is 1. The Labute approximate surface area is 126 Å². The minimum atomic E-state index is -0.207. The molecule has 0 unspecified atom stereocenters. The molecule has 0 atom stereocenters. The maximum Gasteiger partial charge on any atom is 0.124 e. The van der Waals surface area contributed by atoms with Gasteiger partial charge in [0.25, 0.3) is 0 Å². The van der Waals surface area contributed by atoms with Crippen LogP contribution in [0.5, 0.6) is 0 Å². The number of nitrogens with zero attached hydrogens (tertiary/aromatic N) is 1. The molecule has 2 aromatic carbocycles. The van der Waals surface area contributed by atoms with Gasteiger partial charge in [-0.3, -0.25) is 0 Å². The van der Waals surface area contributed by atoms with E-state index in [1.807, 2.05) is 6.07 Å². The van der Waals surface area contributed by atoms with Gasteiger partial charge in [0.1, 0.15) is 5.82 Å². The van der Waals surface area contributed by atoms with Crippen LogP contribution >= 0.6 is 15.9 Å². The Bertz CT molecular complexity index is 741. The SMILES string of the molecule is CCc1cccc2ccn(Cc3cc(F)cc(Br)c3)c12. The molecule has 1 heterocycles. The van der Waals surface area contributed by atoms with Gasteiger partial charge in [0, 0.05) is 17.2 Å². The Kier molecular flexibility index (Phi) is 3.62. The number of aryl methyl sites for hydroxylation is 1. The van der Waals surface area contributed by atoms with Crippen molar-refractivity contribution in [2.24, 2.45) is 0 Å². The fraction of sp³-hybridized carbons (Fsp3) is 0.176. The third-order valence-electron chi connectivity index (χ3n) is 3.53. The van der Waals surface area contributed by atoms with E-state index in [0.717, 1.165) is 16.5 Å². The highest BCUT2D eigenvalue weighted by Crippen LogP contribution is 2.23. The molecule has 1 nitrogen and oxygen atoms in total. The van der Waals surface area contributed by atoms with E-state index in [9.17, 15) is 4.39 Å². The summed E-state index contributed by atoms with van der Waals surface area (Å²) in [6, 6.07) is 13.5. The van der Waals surface area contributed by atoms with Gasteiger partial charge in [0.2, 0.25) is 0 Å². The maximum absolute atomic E-state index is 13.5. The van der Waals surface area contributed by atoms with Gasteiger partial charge in [-0.15, -0.1) is 0 Å². The number of hydrogen-bond donors (Lipinski definition) is 0. The van der Waals surface area contributed by atoms with Crippen LogP contribution in [0, 0.1) is 5.82 Å². The molecule has 0 saturated heterocycles. The maximum atomic E-state index is 13.5. The number of aromatic nitrogens is 1. The highest BCUT2D eigenvalue weighted by molar-refractivity contribution is 9.10. The monoisotopic (exact) mass is 331 g/mol. The molecule has 0 aliphatic carbocycles. The largest absolute Gasteiger partial charge is 0.343 e. The zero-order valence-corrected chi connectivity index (χ0v) is 12.8. The molecule has 3 rings (SSSR count). The Morgan fingerprint density at radius 2 is 2.00 bits per heavy atom. The molecule has 0 amide bonds. The molecule has 0 saturated carbocycles. The highest BCUT2D eigenvalue weighted by Gasteiger charge is 2.07. The first kappa shape index (κ1) is 13.4. The van der Waals surface area contributed by atoms with Crippen molar-refractivity contribution in [2.75, 3.05) is 0 Å². The minimum Gasteiger partial charge on any atom is -0.343 e. The van der Waals surface area contributed by atoms with Crippen molar-refractivity contribution in [1.29, 1.82) is 0 Å². The molecular weight excluding hydrogens is 317 g/mol. The second kappa shape index (κ2) is 5.41. The van der Waals surface area contributed by atoms with Crippen molar-refractivity contribution >= 4 is 26.8 Å². The highest BCUT2D eigenvalue weighted by atomic mass is 79.9. The molecule has 0 aliphatic rings. The van der Waals surface area contributed by atoms with E-state index in [2.05, 4.69) is 57.9 Å². The quantitative estimate of drug-likeness (QED) is 0.625. The van der Waals surface area contributed by atoms with E-state index in [4.69, 9.17) is 0 Å². The van der Waals surface area contributed by atoms with E-state index in [1.165, 1.54) is 22.5 Å².